The van der Waals surface area contributed by atoms with E-state index in [2.05, 4.69) is 0 Å². The van der Waals surface area contributed by atoms with Gasteiger partial charge in [0.15, 0.2) is 6.10 Å². The SMILES string of the molecule is CCCC(c1ccccc1)C(O)C(=O)OCC. The molecule has 0 bridgehead atoms. The molecule has 17 heavy (non-hydrogen) atoms. The molecule has 1 aromatic carbocycles. The van der Waals surface area contributed by atoms with Crippen molar-refractivity contribution in [2.24, 2.45) is 0 Å². The Morgan fingerprint density at radius 2 is 1.94 bits per heavy atom. The van der Waals surface area contributed by atoms with Crippen molar-refractivity contribution in [2.75, 3.05) is 6.61 Å². The number of carbonyl (C=O) groups excluding carboxylic acids is 1. The van der Waals surface area contributed by atoms with Crippen LogP contribution >= 0.6 is 0 Å². The lowest BCUT2D eigenvalue weighted by Crippen LogP contribution is -2.30. The predicted octanol–water partition coefficient (Wildman–Crippen LogP) is 2.49. The van der Waals surface area contributed by atoms with Gasteiger partial charge in [0, 0.05) is 5.92 Å². The lowest BCUT2D eigenvalue weighted by molar-refractivity contribution is -0.154. The van der Waals surface area contributed by atoms with Crippen molar-refractivity contribution in [3.05, 3.63) is 35.9 Å². The molecule has 0 amide bonds. The molecule has 0 aliphatic heterocycles. The second-order valence-corrected chi connectivity index (χ2v) is 4.00. The molecule has 0 aliphatic rings. The van der Waals surface area contributed by atoms with Gasteiger partial charge in [-0.2, -0.15) is 0 Å². The van der Waals surface area contributed by atoms with Crippen molar-refractivity contribution in [2.45, 2.75) is 38.7 Å². The van der Waals surface area contributed by atoms with Crippen molar-refractivity contribution < 1.29 is 14.6 Å². The highest BCUT2D eigenvalue weighted by Crippen LogP contribution is 2.25. The molecule has 2 atom stereocenters. The summed E-state index contributed by atoms with van der Waals surface area (Å²) < 4.78 is 4.86. The van der Waals surface area contributed by atoms with E-state index in [0.29, 0.717) is 6.61 Å². The molecule has 0 spiro atoms. The number of aliphatic hydroxyl groups is 1. The molecule has 0 fully saturated rings. The minimum absolute atomic E-state index is 0.180. The van der Waals surface area contributed by atoms with Gasteiger partial charge in [-0.15, -0.1) is 0 Å². The number of ether oxygens (including phenoxy) is 1. The third-order valence-electron chi connectivity index (χ3n) is 2.74. The number of carbonyl (C=O) groups is 1. The number of rotatable bonds is 6. The van der Waals surface area contributed by atoms with Crippen LogP contribution in [-0.4, -0.2) is 23.8 Å². The van der Waals surface area contributed by atoms with Gasteiger partial charge in [0.25, 0.3) is 0 Å². The van der Waals surface area contributed by atoms with Crippen molar-refractivity contribution in [3.8, 4) is 0 Å². The monoisotopic (exact) mass is 236 g/mol. The third kappa shape index (κ3) is 3.86. The van der Waals surface area contributed by atoms with Gasteiger partial charge < -0.3 is 9.84 Å². The molecule has 0 radical (unpaired) electrons. The first-order valence-corrected chi connectivity index (χ1v) is 6.10. The molecule has 3 nitrogen and oxygen atoms in total. The number of esters is 1. The van der Waals surface area contributed by atoms with E-state index in [1.807, 2.05) is 37.3 Å². The lowest BCUT2D eigenvalue weighted by atomic mass is 9.89. The Labute approximate surface area is 102 Å². The first-order valence-electron chi connectivity index (χ1n) is 6.10. The van der Waals surface area contributed by atoms with E-state index in [1.165, 1.54) is 0 Å². The molecule has 1 aromatic rings. The zero-order valence-corrected chi connectivity index (χ0v) is 10.4. The highest BCUT2D eigenvalue weighted by atomic mass is 16.5. The van der Waals surface area contributed by atoms with Gasteiger partial charge in [-0.25, -0.2) is 4.79 Å². The Morgan fingerprint density at radius 1 is 1.29 bits per heavy atom. The molecule has 0 aliphatic carbocycles. The van der Waals surface area contributed by atoms with Crippen LogP contribution in [0.4, 0.5) is 0 Å². The van der Waals surface area contributed by atoms with Crippen molar-refractivity contribution in [3.63, 3.8) is 0 Å². The topological polar surface area (TPSA) is 46.5 Å². The van der Waals surface area contributed by atoms with Gasteiger partial charge in [-0.05, 0) is 18.9 Å². The summed E-state index contributed by atoms with van der Waals surface area (Å²) in [6.07, 6.45) is 0.609. The number of benzene rings is 1. The quantitative estimate of drug-likeness (QED) is 0.772. The van der Waals surface area contributed by atoms with E-state index >= 15 is 0 Å². The first kappa shape index (κ1) is 13.7. The van der Waals surface area contributed by atoms with Crippen LogP contribution < -0.4 is 0 Å². The van der Waals surface area contributed by atoms with Gasteiger partial charge in [-0.1, -0.05) is 43.7 Å². The Morgan fingerprint density at radius 3 is 2.47 bits per heavy atom. The fourth-order valence-corrected chi connectivity index (χ4v) is 1.91. The number of hydrogen-bond acceptors (Lipinski definition) is 3. The molecule has 0 saturated carbocycles. The Balaban J connectivity index is 2.82. The largest absolute Gasteiger partial charge is 0.464 e. The highest BCUT2D eigenvalue weighted by molar-refractivity contribution is 5.75. The molecular weight excluding hydrogens is 216 g/mol. The first-order chi connectivity index (χ1) is 8.20. The lowest BCUT2D eigenvalue weighted by Gasteiger charge is -2.21. The molecule has 0 heterocycles. The van der Waals surface area contributed by atoms with E-state index in [-0.39, 0.29) is 5.92 Å². The Hall–Kier alpha value is -1.35. The maximum absolute atomic E-state index is 11.6. The van der Waals surface area contributed by atoms with E-state index in [9.17, 15) is 9.90 Å². The summed E-state index contributed by atoms with van der Waals surface area (Å²) >= 11 is 0. The average molecular weight is 236 g/mol. The zero-order valence-electron chi connectivity index (χ0n) is 10.4. The summed E-state index contributed by atoms with van der Waals surface area (Å²) in [7, 11) is 0. The highest BCUT2D eigenvalue weighted by Gasteiger charge is 2.27. The van der Waals surface area contributed by atoms with E-state index in [0.717, 1.165) is 18.4 Å². The zero-order chi connectivity index (χ0) is 12.7. The molecule has 0 saturated heterocycles. The average Bonchev–Trinajstić information content (AvgIpc) is 2.36. The Bertz CT molecular complexity index is 335. The van der Waals surface area contributed by atoms with Gasteiger partial charge in [0.1, 0.15) is 0 Å². The summed E-state index contributed by atoms with van der Waals surface area (Å²) in [4.78, 5) is 11.6. The van der Waals surface area contributed by atoms with Crippen LogP contribution in [0, 0.1) is 0 Å². The van der Waals surface area contributed by atoms with Crippen LogP contribution in [0.15, 0.2) is 30.3 Å². The van der Waals surface area contributed by atoms with Crippen LogP contribution in [0.2, 0.25) is 0 Å². The molecule has 94 valence electrons. The van der Waals surface area contributed by atoms with Gasteiger partial charge >= 0.3 is 5.97 Å². The Kier molecular flexibility index (Phi) is 5.70. The third-order valence-corrected chi connectivity index (χ3v) is 2.74. The fourth-order valence-electron chi connectivity index (χ4n) is 1.91. The molecule has 2 unspecified atom stereocenters. The summed E-state index contributed by atoms with van der Waals surface area (Å²) in [6, 6.07) is 9.61. The molecule has 1 N–H and O–H groups in total. The predicted molar refractivity (Wildman–Crippen MR) is 66.7 cm³/mol. The smallest absolute Gasteiger partial charge is 0.335 e. The van der Waals surface area contributed by atoms with Crippen LogP contribution in [0.3, 0.4) is 0 Å². The van der Waals surface area contributed by atoms with Crippen LogP contribution in [0.5, 0.6) is 0 Å². The molecule has 0 aromatic heterocycles. The van der Waals surface area contributed by atoms with E-state index in [4.69, 9.17) is 4.74 Å². The standard InChI is InChI=1S/C14H20O3/c1-3-8-12(11-9-6-5-7-10-11)13(15)14(16)17-4-2/h5-7,9-10,12-13,15H,3-4,8H2,1-2H3. The number of aliphatic hydroxyl groups excluding tert-OH is 1. The maximum Gasteiger partial charge on any atom is 0.335 e. The molecule has 1 rings (SSSR count). The fraction of sp³-hybridized carbons (Fsp3) is 0.500. The second-order valence-electron chi connectivity index (χ2n) is 4.00. The van der Waals surface area contributed by atoms with E-state index < -0.39 is 12.1 Å². The van der Waals surface area contributed by atoms with Gasteiger partial charge in [0.2, 0.25) is 0 Å². The van der Waals surface area contributed by atoms with Gasteiger partial charge in [-0.3, -0.25) is 0 Å². The van der Waals surface area contributed by atoms with Crippen LogP contribution in [0.1, 0.15) is 38.2 Å². The van der Waals surface area contributed by atoms with Crippen LogP contribution in [0.25, 0.3) is 0 Å². The normalized spacial score (nSPS) is 14.1. The summed E-state index contributed by atoms with van der Waals surface area (Å²) in [5.74, 6) is -0.713. The van der Waals surface area contributed by atoms with Gasteiger partial charge in [0.05, 0.1) is 6.61 Å². The van der Waals surface area contributed by atoms with Crippen molar-refractivity contribution >= 4 is 5.97 Å². The summed E-state index contributed by atoms with van der Waals surface area (Å²) in [5.41, 5.74) is 0.981. The minimum Gasteiger partial charge on any atom is -0.464 e. The van der Waals surface area contributed by atoms with Crippen molar-refractivity contribution in [1.82, 2.24) is 0 Å². The van der Waals surface area contributed by atoms with E-state index in [1.54, 1.807) is 6.92 Å². The van der Waals surface area contributed by atoms with Crippen LogP contribution in [-0.2, 0) is 9.53 Å². The molecule has 3 heteroatoms. The minimum atomic E-state index is -1.07. The summed E-state index contributed by atoms with van der Waals surface area (Å²) in [5, 5.41) is 10.0. The maximum atomic E-state index is 11.6. The summed E-state index contributed by atoms with van der Waals surface area (Å²) in [6.45, 7) is 4.07. The molecular formula is C14H20O3. The van der Waals surface area contributed by atoms with Crippen molar-refractivity contribution in [1.29, 1.82) is 0 Å². The second kappa shape index (κ2) is 7.07. The number of hydrogen-bond donors (Lipinski definition) is 1.